The van der Waals surface area contributed by atoms with Crippen molar-refractivity contribution in [2.75, 3.05) is 18.5 Å². The van der Waals surface area contributed by atoms with E-state index in [1.807, 2.05) is 19.1 Å². The molecule has 1 heterocycles. The predicted molar refractivity (Wildman–Crippen MR) is 111 cm³/mol. The largest absolute Gasteiger partial charge is 0.454 e. The van der Waals surface area contributed by atoms with Crippen molar-refractivity contribution >= 4 is 61.2 Å². The van der Waals surface area contributed by atoms with Crippen LogP contribution in [-0.4, -0.2) is 51.4 Å². The maximum Gasteiger partial charge on any atom is 0.326 e. The lowest BCUT2D eigenvalue weighted by Gasteiger charge is -2.28. The van der Waals surface area contributed by atoms with E-state index in [2.05, 4.69) is 37.2 Å². The summed E-state index contributed by atoms with van der Waals surface area (Å²) >= 11 is 7.25. The summed E-state index contributed by atoms with van der Waals surface area (Å²) in [5.41, 5.74) is 1.52. The number of likely N-dealkylation sites (tertiary alicyclic amines) is 1. The van der Waals surface area contributed by atoms with Crippen molar-refractivity contribution in [3.63, 3.8) is 0 Å². The average molecular weight is 528 g/mol. The number of halogens is 2. The molecule has 0 aromatic heterocycles. The Hall–Kier alpha value is -1.74. The van der Waals surface area contributed by atoms with Crippen molar-refractivity contribution in [2.45, 2.75) is 23.0 Å². The van der Waals surface area contributed by atoms with E-state index in [1.54, 1.807) is 12.1 Å². The molecule has 0 spiro atoms. The molecular formula is C20H20Br2N2O5. The number of carbonyl (C=O) groups is 4. The Bertz CT molecular complexity index is 859. The zero-order valence-corrected chi connectivity index (χ0v) is 18.8. The van der Waals surface area contributed by atoms with Crippen LogP contribution < -0.4 is 5.32 Å². The van der Waals surface area contributed by atoms with Gasteiger partial charge in [0.2, 0.25) is 11.8 Å². The van der Waals surface area contributed by atoms with Crippen LogP contribution in [0.1, 0.15) is 12.0 Å². The highest BCUT2D eigenvalue weighted by Crippen LogP contribution is 2.60. The highest BCUT2D eigenvalue weighted by molar-refractivity contribution is 9.12. The van der Waals surface area contributed by atoms with Crippen LogP contribution in [0, 0.1) is 30.6 Å². The third kappa shape index (κ3) is 3.52. The van der Waals surface area contributed by atoms with Crippen molar-refractivity contribution in [1.29, 1.82) is 0 Å². The van der Waals surface area contributed by atoms with Crippen molar-refractivity contribution in [3.8, 4) is 0 Å². The highest BCUT2D eigenvalue weighted by Gasteiger charge is 2.66. The Labute approximate surface area is 184 Å². The first kappa shape index (κ1) is 20.5. The second-order valence-corrected chi connectivity index (χ2v) is 9.90. The lowest BCUT2D eigenvalue weighted by Crippen LogP contribution is -2.38. The van der Waals surface area contributed by atoms with E-state index in [9.17, 15) is 19.2 Å². The summed E-state index contributed by atoms with van der Waals surface area (Å²) in [5.74, 6) is -2.44. The van der Waals surface area contributed by atoms with Gasteiger partial charge in [0.1, 0.15) is 6.54 Å². The van der Waals surface area contributed by atoms with Gasteiger partial charge in [-0.25, -0.2) is 0 Å². The number of nitrogens with one attached hydrogen (secondary N) is 1. The number of amides is 3. The van der Waals surface area contributed by atoms with E-state index in [0.717, 1.165) is 16.9 Å². The first-order valence-electron chi connectivity index (χ1n) is 9.44. The molecule has 154 valence electrons. The predicted octanol–water partition coefficient (Wildman–Crippen LogP) is 2.25. The summed E-state index contributed by atoms with van der Waals surface area (Å²) in [7, 11) is 0. The van der Waals surface area contributed by atoms with Gasteiger partial charge in [-0.1, -0.05) is 50.1 Å². The summed E-state index contributed by atoms with van der Waals surface area (Å²) in [6.07, 6.45) is 0.829. The van der Waals surface area contributed by atoms with Crippen LogP contribution in [0.4, 0.5) is 5.69 Å². The van der Waals surface area contributed by atoms with E-state index >= 15 is 0 Å². The summed E-state index contributed by atoms with van der Waals surface area (Å²) in [5, 5.41) is 2.66. The van der Waals surface area contributed by atoms with E-state index in [1.165, 1.54) is 0 Å². The summed E-state index contributed by atoms with van der Waals surface area (Å²) in [4.78, 5) is 51.0. The van der Waals surface area contributed by atoms with Crippen LogP contribution in [0.3, 0.4) is 0 Å². The molecule has 2 aliphatic carbocycles. The quantitative estimate of drug-likeness (QED) is 0.360. The number of anilines is 1. The summed E-state index contributed by atoms with van der Waals surface area (Å²) < 4.78 is 4.99. The van der Waals surface area contributed by atoms with E-state index in [-0.39, 0.29) is 45.1 Å². The summed E-state index contributed by atoms with van der Waals surface area (Å²) in [6.45, 7) is 0.918. The molecule has 3 aliphatic rings. The minimum absolute atomic E-state index is 0.0896. The van der Waals surface area contributed by atoms with E-state index < -0.39 is 25.0 Å². The molecule has 29 heavy (non-hydrogen) atoms. The van der Waals surface area contributed by atoms with Crippen LogP contribution in [0.25, 0.3) is 0 Å². The molecule has 2 saturated carbocycles. The number of rotatable bonds is 5. The van der Waals surface area contributed by atoms with Crippen LogP contribution >= 0.6 is 31.9 Å². The summed E-state index contributed by atoms with van der Waals surface area (Å²) in [6, 6.07) is 7.24. The lowest BCUT2D eigenvalue weighted by atomic mass is 9.81. The third-order valence-electron chi connectivity index (χ3n) is 6.15. The number of fused-ring (bicyclic) bond motifs is 5. The minimum atomic E-state index is -0.773. The number of esters is 1. The number of imide groups is 1. The Morgan fingerprint density at radius 1 is 1.10 bits per heavy atom. The monoisotopic (exact) mass is 526 g/mol. The molecule has 3 fully saturated rings. The Kier molecular flexibility index (Phi) is 5.54. The molecule has 0 unspecified atom stereocenters. The minimum Gasteiger partial charge on any atom is -0.454 e. The van der Waals surface area contributed by atoms with Gasteiger partial charge < -0.3 is 10.1 Å². The van der Waals surface area contributed by atoms with Gasteiger partial charge in [-0.2, -0.15) is 0 Å². The number of ether oxygens (including phenoxy) is 1. The molecule has 1 aromatic carbocycles. The fourth-order valence-electron chi connectivity index (χ4n) is 4.79. The van der Waals surface area contributed by atoms with Gasteiger partial charge in [-0.3, -0.25) is 24.1 Å². The van der Waals surface area contributed by atoms with Crippen molar-refractivity contribution in [2.24, 2.45) is 23.7 Å². The lowest BCUT2D eigenvalue weighted by molar-refractivity contribution is -0.154. The van der Waals surface area contributed by atoms with Crippen LogP contribution in [0.15, 0.2) is 24.3 Å². The van der Waals surface area contributed by atoms with E-state index in [0.29, 0.717) is 5.69 Å². The van der Waals surface area contributed by atoms with Gasteiger partial charge in [0.15, 0.2) is 6.61 Å². The maximum absolute atomic E-state index is 12.8. The van der Waals surface area contributed by atoms with Crippen molar-refractivity contribution in [1.82, 2.24) is 4.90 Å². The first-order valence-corrected chi connectivity index (χ1v) is 11.3. The molecule has 3 amide bonds. The Morgan fingerprint density at radius 2 is 1.69 bits per heavy atom. The molecular weight excluding hydrogens is 508 g/mol. The van der Waals surface area contributed by atoms with Crippen LogP contribution in [0.2, 0.25) is 0 Å². The topological polar surface area (TPSA) is 92.8 Å². The molecule has 0 radical (unpaired) electrons. The van der Waals surface area contributed by atoms with E-state index in [4.69, 9.17) is 4.74 Å². The number of benzene rings is 1. The highest BCUT2D eigenvalue weighted by atomic mass is 79.9. The van der Waals surface area contributed by atoms with Gasteiger partial charge in [0.05, 0.1) is 11.8 Å². The fourth-order valence-corrected chi connectivity index (χ4v) is 6.66. The average Bonchev–Trinajstić information content (AvgIpc) is 3.29. The van der Waals surface area contributed by atoms with Crippen molar-refractivity contribution in [3.05, 3.63) is 29.8 Å². The van der Waals surface area contributed by atoms with Crippen LogP contribution in [0.5, 0.6) is 0 Å². The number of hydrogen-bond donors (Lipinski definition) is 1. The maximum atomic E-state index is 12.8. The van der Waals surface area contributed by atoms with Gasteiger partial charge in [-0.15, -0.1) is 0 Å². The fraction of sp³-hybridized carbons (Fsp3) is 0.500. The second-order valence-electron chi connectivity index (χ2n) is 7.79. The molecule has 1 aliphatic heterocycles. The number of para-hydroxylation sites is 1. The molecule has 2 bridgehead atoms. The molecule has 4 rings (SSSR count). The van der Waals surface area contributed by atoms with Gasteiger partial charge in [0, 0.05) is 15.3 Å². The standard InChI is InChI=1S/C20H20Br2N2O5/c1-9-4-2-3-5-12(9)23-13(25)8-29-14(26)7-24-19(27)15-10-6-11(16(15)20(24)28)18(22)17(10)21/h2-5,10-11,15-18H,6-8H2,1H3,(H,23,25)/t10-,11-,15-,16-,17+,18+/m1/s1. The number of aryl methyl sites for hydroxylation is 1. The molecule has 1 saturated heterocycles. The molecule has 1 aromatic rings. The normalized spacial score (nSPS) is 32.4. The number of alkyl halides is 2. The van der Waals surface area contributed by atoms with Crippen molar-refractivity contribution < 1.29 is 23.9 Å². The zero-order chi connectivity index (χ0) is 20.9. The molecule has 9 heteroatoms. The smallest absolute Gasteiger partial charge is 0.326 e. The second kappa shape index (κ2) is 7.83. The molecule has 1 N–H and O–H groups in total. The van der Waals surface area contributed by atoms with Crippen LogP contribution in [-0.2, 0) is 23.9 Å². The molecule has 6 atom stereocenters. The Balaban J connectivity index is 1.32. The number of nitrogens with zero attached hydrogens (tertiary/aromatic N) is 1. The number of carbonyl (C=O) groups excluding carboxylic acids is 4. The zero-order valence-electron chi connectivity index (χ0n) is 15.6. The Morgan fingerprint density at radius 3 is 2.28 bits per heavy atom. The first-order chi connectivity index (χ1) is 13.8. The third-order valence-corrected chi connectivity index (χ3v) is 9.36. The SMILES string of the molecule is Cc1ccccc1NC(=O)COC(=O)CN1C(=O)[C@@H]2[C@H]3C[C@@H]([C@H](Br)[C@H]3Br)[C@H]2C1=O. The van der Waals surface area contributed by atoms with Gasteiger partial charge in [0.25, 0.3) is 5.91 Å². The van der Waals surface area contributed by atoms with Gasteiger partial charge >= 0.3 is 5.97 Å². The number of hydrogen-bond acceptors (Lipinski definition) is 5. The van der Waals surface area contributed by atoms with Gasteiger partial charge in [-0.05, 0) is 36.8 Å². The molecule has 7 nitrogen and oxygen atoms in total.